The fourth-order valence-electron chi connectivity index (χ4n) is 4.79. The third kappa shape index (κ3) is 3.85. The highest BCUT2D eigenvalue weighted by molar-refractivity contribution is 6.46. The van der Waals surface area contributed by atoms with Crippen LogP contribution in [0.4, 0.5) is 0 Å². The number of hydrogen-bond acceptors (Lipinski definition) is 5. The van der Waals surface area contributed by atoms with Gasteiger partial charge in [0.1, 0.15) is 17.3 Å². The third-order valence-electron chi connectivity index (χ3n) is 6.38. The van der Waals surface area contributed by atoms with Crippen LogP contribution in [0, 0.1) is 6.92 Å². The van der Waals surface area contributed by atoms with Crippen molar-refractivity contribution in [3.8, 4) is 11.5 Å². The zero-order chi connectivity index (χ0) is 22.8. The Morgan fingerprint density at radius 1 is 1.09 bits per heavy atom. The lowest BCUT2D eigenvalue weighted by molar-refractivity contribution is -0.141. The lowest BCUT2D eigenvalue weighted by Gasteiger charge is -2.30. The van der Waals surface area contributed by atoms with Crippen molar-refractivity contribution in [1.29, 1.82) is 0 Å². The van der Waals surface area contributed by atoms with Crippen molar-refractivity contribution in [2.45, 2.75) is 51.6 Å². The van der Waals surface area contributed by atoms with Gasteiger partial charge in [0.25, 0.3) is 11.7 Å². The van der Waals surface area contributed by atoms with Crippen LogP contribution in [-0.4, -0.2) is 41.5 Å². The van der Waals surface area contributed by atoms with Crippen LogP contribution in [0.5, 0.6) is 11.5 Å². The summed E-state index contributed by atoms with van der Waals surface area (Å²) in [5.41, 5.74) is 2.26. The van der Waals surface area contributed by atoms with Crippen molar-refractivity contribution < 1.29 is 24.2 Å². The summed E-state index contributed by atoms with van der Waals surface area (Å²) in [5.74, 6) is 0.0790. The summed E-state index contributed by atoms with van der Waals surface area (Å²) in [6, 6.07) is 12.0. The minimum absolute atomic E-state index is 0.00841. The highest BCUT2D eigenvalue weighted by Gasteiger charge is 2.49. The molecule has 6 heteroatoms. The number of aliphatic hydroxyl groups is 1. The molecule has 1 aliphatic carbocycles. The van der Waals surface area contributed by atoms with Gasteiger partial charge in [0.15, 0.2) is 0 Å². The number of hydrogen-bond donors (Lipinski definition) is 1. The van der Waals surface area contributed by atoms with E-state index in [9.17, 15) is 14.7 Å². The Bertz CT molecular complexity index is 1050. The number of likely N-dealkylation sites (tertiary alicyclic amines) is 1. The molecule has 0 spiro atoms. The first-order valence-electron chi connectivity index (χ1n) is 11.1. The number of ether oxygens (including phenoxy) is 2. The third-order valence-corrected chi connectivity index (χ3v) is 6.38. The van der Waals surface area contributed by atoms with Gasteiger partial charge in [-0.3, -0.25) is 9.59 Å². The summed E-state index contributed by atoms with van der Waals surface area (Å²) in [6.07, 6.45) is 3.78. The molecule has 1 aliphatic heterocycles. The number of Topliss-reactive ketones (excluding diaryl/α,β-unsaturated/α-hetero) is 1. The minimum atomic E-state index is -0.637. The highest BCUT2D eigenvalue weighted by atomic mass is 16.5. The summed E-state index contributed by atoms with van der Waals surface area (Å²) in [4.78, 5) is 28.0. The van der Waals surface area contributed by atoms with E-state index in [1.165, 1.54) is 0 Å². The van der Waals surface area contributed by atoms with Gasteiger partial charge in [-0.2, -0.15) is 0 Å². The van der Waals surface area contributed by atoms with E-state index in [1.807, 2.05) is 38.1 Å². The molecule has 0 radical (unpaired) electrons. The van der Waals surface area contributed by atoms with Crippen LogP contribution in [-0.2, 0) is 9.59 Å². The largest absolute Gasteiger partial charge is 0.507 e. The zero-order valence-corrected chi connectivity index (χ0v) is 18.8. The van der Waals surface area contributed by atoms with Crippen LogP contribution in [0.3, 0.4) is 0 Å². The van der Waals surface area contributed by atoms with Gasteiger partial charge in [0.2, 0.25) is 0 Å². The van der Waals surface area contributed by atoms with Gasteiger partial charge in [-0.15, -0.1) is 0 Å². The lowest BCUT2D eigenvalue weighted by Crippen LogP contribution is -2.37. The van der Waals surface area contributed by atoms with Crippen molar-refractivity contribution >= 4 is 17.4 Å². The first-order chi connectivity index (χ1) is 15.5. The number of methoxy groups -OCH3 is 1. The molecule has 2 aromatic rings. The van der Waals surface area contributed by atoms with Gasteiger partial charge in [-0.1, -0.05) is 25.0 Å². The summed E-state index contributed by atoms with van der Waals surface area (Å²) < 4.78 is 10.9. The van der Waals surface area contributed by atoms with Crippen LogP contribution in [0.25, 0.3) is 5.76 Å². The standard InChI is InChI=1S/C26H29NO5/c1-4-32-21-14-11-18(15-16(21)2)24(28)22-23(17-9-12-20(31-3)13-10-17)27(26(30)25(22)29)19-7-5-6-8-19/h9-15,19,23,28H,4-8H2,1-3H3/b24-22-. The van der Waals surface area contributed by atoms with E-state index in [2.05, 4.69) is 0 Å². The number of rotatable bonds is 6. The maximum atomic E-state index is 13.2. The number of carbonyl (C=O) groups excluding carboxylic acids is 2. The molecule has 1 amide bonds. The van der Waals surface area contributed by atoms with Gasteiger partial charge in [-0.25, -0.2) is 0 Å². The molecule has 4 rings (SSSR count). The average molecular weight is 436 g/mol. The monoisotopic (exact) mass is 435 g/mol. The predicted octanol–water partition coefficient (Wildman–Crippen LogP) is 4.77. The molecular weight excluding hydrogens is 406 g/mol. The molecule has 0 bridgehead atoms. The Morgan fingerprint density at radius 3 is 2.38 bits per heavy atom. The number of nitrogens with zero attached hydrogens (tertiary/aromatic N) is 1. The van der Waals surface area contributed by atoms with E-state index in [0.29, 0.717) is 17.9 Å². The number of amides is 1. The first kappa shape index (κ1) is 21.9. The van der Waals surface area contributed by atoms with E-state index in [-0.39, 0.29) is 17.4 Å². The summed E-state index contributed by atoms with van der Waals surface area (Å²) >= 11 is 0. The van der Waals surface area contributed by atoms with E-state index >= 15 is 0 Å². The molecule has 2 aromatic carbocycles. The predicted molar refractivity (Wildman–Crippen MR) is 122 cm³/mol. The second-order valence-electron chi connectivity index (χ2n) is 8.33. The maximum absolute atomic E-state index is 13.2. The SMILES string of the molecule is CCOc1ccc(/C(O)=C2/C(=O)C(=O)N(C3CCCC3)C2c2ccc(OC)cc2)cc1C. The smallest absolute Gasteiger partial charge is 0.295 e. The van der Waals surface area contributed by atoms with Crippen LogP contribution in [0.1, 0.15) is 55.3 Å². The molecule has 2 fully saturated rings. The van der Waals surface area contributed by atoms with Crippen LogP contribution in [0.2, 0.25) is 0 Å². The van der Waals surface area contributed by atoms with Crippen LogP contribution >= 0.6 is 0 Å². The van der Waals surface area contributed by atoms with Crippen molar-refractivity contribution in [3.05, 3.63) is 64.7 Å². The number of benzene rings is 2. The molecule has 1 saturated carbocycles. The van der Waals surface area contributed by atoms with Crippen LogP contribution < -0.4 is 9.47 Å². The average Bonchev–Trinajstić information content (AvgIpc) is 3.42. The molecule has 1 saturated heterocycles. The second kappa shape index (κ2) is 9.07. The van der Waals surface area contributed by atoms with E-state index < -0.39 is 17.7 Å². The van der Waals surface area contributed by atoms with E-state index in [4.69, 9.17) is 9.47 Å². The van der Waals surface area contributed by atoms with Gasteiger partial charge in [0, 0.05) is 11.6 Å². The quantitative estimate of drug-likeness (QED) is 0.402. The van der Waals surface area contributed by atoms with Gasteiger partial charge < -0.3 is 19.5 Å². The fraction of sp³-hybridized carbons (Fsp3) is 0.385. The van der Waals surface area contributed by atoms with Crippen LogP contribution in [0.15, 0.2) is 48.0 Å². The van der Waals surface area contributed by atoms with Crippen molar-refractivity contribution in [3.63, 3.8) is 0 Å². The van der Waals surface area contributed by atoms with E-state index in [1.54, 1.807) is 30.2 Å². The number of aryl methyl sites for hydroxylation is 1. The van der Waals surface area contributed by atoms with Crippen molar-refractivity contribution in [2.75, 3.05) is 13.7 Å². The zero-order valence-electron chi connectivity index (χ0n) is 18.8. The Balaban J connectivity index is 1.84. The molecule has 1 N–H and O–H groups in total. The minimum Gasteiger partial charge on any atom is -0.507 e. The molecule has 168 valence electrons. The Kier molecular flexibility index (Phi) is 6.21. The van der Waals surface area contributed by atoms with E-state index in [0.717, 1.165) is 42.6 Å². The van der Waals surface area contributed by atoms with Crippen molar-refractivity contribution in [1.82, 2.24) is 4.90 Å². The number of aliphatic hydroxyl groups excluding tert-OH is 1. The normalized spacial score (nSPS) is 20.7. The molecule has 32 heavy (non-hydrogen) atoms. The fourth-order valence-corrected chi connectivity index (χ4v) is 4.79. The molecule has 1 unspecified atom stereocenters. The second-order valence-corrected chi connectivity index (χ2v) is 8.33. The number of carbonyl (C=O) groups is 2. The molecular formula is C26H29NO5. The summed E-state index contributed by atoms with van der Waals surface area (Å²) in [5, 5.41) is 11.3. The summed E-state index contributed by atoms with van der Waals surface area (Å²) in [7, 11) is 1.59. The topological polar surface area (TPSA) is 76.1 Å². The summed E-state index contributed by atoms with van der Waals surface area (Å²) in [6.45, 7) is 4.34. The molecule has 2 aliphatic rings. The molecule has 1 heterocycles. The Labute approximate surface area is 188 Å². The Hall–Kier alpha value is -3.28. The lowest BCUT2D eigenvalue weighted by atomic mass is 9.94. The molecule has 1 atom stereocenters. The highest BCUT2D eigenvalue weighted by Crippen LogP contribution is 2.43. The van der Waals surface area contributed by atoms with Gasteiger partial charge in [-0.05, 0) is 68.1 Å². The van der Waals surface area contributed by atoms with Crippen molar-refractivity contribution in [2.24, 2.45) is 0 Å². The van der Waals surface area contributed by atoms with Gasteiger partial charge in [0.05, 0.1) is 25.3 Å². The first-order valence-corrected chi connectivity index (χ1v) is 11.1. The number of ketones is 1. The van der Waals surface area contributed by atoms with Gasteiger partial charge >= 0.3 is 0 Å². The molecule has 6 nitrogen and oxygen atoms in total. The maximum Gasteiger partial charge on any atom is 0.295 e. The Morgan fingerprint density at radius 2 is 1.78 bits per heavy atom. The molecule has 0 aromatic heterocycles.